The number of piperidine rings is 1. The van der Waals surface area contributed by atoms with E-state index in [4.69, 9.17) is 14.2 Å². The van der Waals surface area contributed by atoms with Crippen LogP contribution in [0.1, 0.15) is 43.7 Å². The van der Waals surface area contributed by atoms with Crippen molar-refractivity contribution in [3.05, 3.63) is 23.3 Å². The van der Waals surface area contributed by atoms with E-state index in [1.807, 2.05) is 0 Å². The third kappa shape index (κ3) is 1.86. The molecule has 6 aliphatic rings. The predicted molar refractivity (Wildman–Crippen MR) is 111 cm³/mol. The van der Waals surface area contributed by atoms with Gasteiger partial charge in [-0.1, -0.05) is 6.07 Å². The van der Waals surface area contributed by atoms with Gasteiger partial charge in [0.05, 0.1) is 13.0 Å². The highest BCUT2D eigenvalue weighted by Gasteiger charge is 2.80. The standard InChI is InChI=1S/C23H29NO4.ClH/c1-13(25)15-12-21-7-8-23(15,27-4)20-22(21)9-10-24(2)17(21)11-14-5-6-16(26-3)19(28-20)18(14)22;/h5-6,15,17,20H,7-12H2,1-4H3;1H/t15?,17-,20-,21-,22+,23+;/m1./s1. The average Bonchev–Trinajstić information content (AvgIpc) is 3.07. The lowest BCUT2D eigenvalue weighted by atomic mass is 9.34. The number of likely N-dealkylation sites (N-methyl/N-ethyl adjacent to an activating group) is 1. The van der Waals surface area contributed by atoms with Crippen LogP contribution in [0.5, 0.6) is 11.5 Å². The van der Waals surface area contributed by atoms with Crippen LogP contribution in [0.2, 0.25) is 0 Å². The Morgan fingerprint density at radius 2 is 2.03 bits per heavy atom. The first-order valence-corrected chi connectivity index (χ1v) is 10.6. The Morgan fingerprint density at radius 3 is 2.72 bits per heavy atom. The lowest BCUT2D eigenvalue weighted by Crippen LogP contribution is -2.81. The normalized spacial score (nSPS) is 43.2. The predicted octanol–water partition coefficient (Wildman–Crippen LogP) is 3.15. The second-order valence-electron chi connectivity index (χ2n) is 9.73. The number of carbonyl (C=O) groups excluding carboxylic acids is 1. The molecule has 4 fully saturated rings. The fraction of sp³-hybridized carbons (Fsp3) is 0.696. The topological polar surface area (TPSA) is 48.0 Å². The summed E-state index contributed by atoms with van der Waals surface area (Å²) in [6, 6.07) is 4.75. The summed E-state index contributed by atoms with van der Waals surface area (Å²) in [5.74, 6) is 1.89. The minimum absolute atomic E-state index is 0. The van der Waals surface area contributed by atoms with Crippen molar-refractivity contribution < 1.29 is 19.0 Å². The van der Waals surface area contributed by atoms with E-state index in [0.29, 0.717) is 6.04 Å². The third-order valence-corrected chi connectivity index (χ3v) is 9.32. The number of hydrogen-bond acceptors (Lipinski definition) is 5. The maximum atomic E-state index is 12.8. The van der Waals surface area contributed by atoms with Gasteiger partial charge >= 0.3 is 0 Å². The number of halogens is 1. The molecular weight excluding hydrogens is 390 g/mol. The lowest BCUT2D eigenvalue weighted by Gasteiger charge is -2.73. The monoisotopic (exact) mass is 419 g/mol. The zero-order chi connectivity index (χ0) is 19.5. The Bertz CT molecular complexity index is 905. The Balaban J connectivity index is 0.00000181. The molecule has 1 aromatic carbocycles. The number of nitrogens with zero attached hydrogens (tertiary/aromatic N) is 1. The van der Waals surface area contributed by atoms with Gasteiger partial charge in [0.2, 0.25) is 0 Å². The molecule has 0 aromatic heterocycles. The van der Waals surface area contributed by atoms with E-state index in [1.54, 1.807) is 21.1 Å². The number of methoxy groups -OCH3 is 2. The number of ketones is 1. The van der Waals surface area contributed by atoms with Gasteiger partial charge in [-0.15, -0.1) is 12.4 Å². The fourth-order valence-corrected chi connectivity index (χ4v) is 8.30. The molecule has 7 rings (SSSR count). The van der Waals surface area contributed by atoms with Crippen molar-refractivity contribution in [2.45, 2.75) is 62.2 Å². The van der Waals surface area contributed by atoms with Crippen LogP contribution < -0.4 is 9.47 Å². The van der Waals surface area contributed by atoms with Gasteiger partial charge in [0, 0.05) is 29.5 Å². The molecule has 2 heterocycles. The molecule has 4 aliphatic carbocycles. The zero-order valence-electron chi connectivity index (χ0n) is 17.6. The second kappa shape index (κ2) is 5.89. The summed E-state index contributed by atoms with van der Waals surface area (Å²) in [7, 11) is 5.77. The van der Waals surface area contributed by atoms with Gasteiger partial charge < -0.3 is 19.1 Å². The van der Waals surface area contributed by atoms with Crippen molar-refractivity contribution in [1.82, 2.24) is 4.90 Å². The largest absolute Gasteiger partial charge is 0.493 e. The van der Waals surface area contributed by atoms with E-state index in [2.05, 4.69) is 24.1 Å². The first kappa shape index (κ1) is 19.7. The SMILES string of the molecule is COc1ccc2c3c1O[C@H]1[C@]4(OC)CC[C@@]5(CC4C(C)=O)[C@@H](C2)N(C)CC[C@]315.Cl. The van der Waals surface area contributed by atoms with Crippen LogP contribution in [0.4, 0.5) is 0 Å². The first-order valence-electron chi connectivity index (χ1n) is 10.6. The van der Waals surface area contributed by atoms with Crippen LogP contribution >= 0.6 is 12.4 Å². The molecule has 0 N–H and O–H groups in total. The van der Waals surface area contributed by atoms with Crippen molar-refractivity contribution in [3.63, 3.8) is 0 Å². The van der Waals surface area contributed by atoms with Gasteiger partial charge in [-0.25, -0.2) is 0 Å². The molecule has 158 valence electrons. The highest BCUT2D eigenvalue weighted by Crippen LogP contribution is 2.76. The summed E-state index contributed by atoms with van der Waals surface area (Å²) in [6.45, 7) is 2.80. The van der Waals surface area contributed by atoms with E-state index in [-0.39, 0.29) is 41.0 Å². The highest BCUT2D eigenvalue weighted by molar-refractivity contribution is 5.85. The molecule has 3 saturated carbocycles. The Labute approximate surface area is 178 Å². The lowest BCUT2D eigenvalue weighted by molar-refractivity contribution is -0.270. The van der Waals surface area contributed by atoms with Gasteiger partial charge in [-0.2, -0.15) is 0 Å². The number of likely N-dealkylation sites (tertiary alicyclic amines) is 1. The zero-order valence-corrected chi connectivity index (χ0v) is 18.4. The van der Waals surface area contributed by atoms with Crippen molar-refractivity contribution in [2.24, 2.45) is 11.3 Å². The van der Waals surface area contributed by atoms with Crippen LogP contribution in [0, 0.1) is 11.3 Å². The number of rotatable bonds is 3. The van der Waals surface area contributed by atoms with Crippen molar-refractivity contribution in [2.75, 3.05) is 27.8 Å². The van der Waals surface area contributed by atoms with E-state index in [1.165, 1.54) is 11.1 Å². The van der Waals surface area contributed by atoms with Crippen molar-refractivity contribution in [3.8, 4) is 11.5 Å². The summed E-state index contributed by atoms with van der Waals surface area (Å²) >= 11 is 0. The molecule has 6 atom stereocenters. The Hall–Kier alpha value is -1.30. The summed E-state index contributed by atoms with van der Waals surface area (Å²) in [5.41, 5.74) is 2.25. The van der Waals surface area contributed by atoms with E-state index in [9.17, 15) is 4.79 Å². The number of carbonyl (C=O) groups is 1. The molecular formula is C23H30ClNO4. The number of Topliss-reactive ketones (excluding diaryl/α,β-unsaturated/α-hetero) is 1. The smallest absolute Gasteiger partial charge is 0.165 e. The molecule has 29 heavy (non-hydrogen) atoms. The van der Waals surface area contributed by atoms with Gasteiger partial charge in [0.1, 0.15) is 17.5 Å². The quantitative estimate of drug-likeness (QED) is 0.753. The molecule has 1 aromatic rings. The summed E-state index contributed by atoms with van der Waals surface area (Å²) in [4.78, 5) is 15.4. The van der Waals surface area contributed by atoms with Crippen LogP contribution in [0.25, 0.3) is 0 Å². The van der Waals surface area contributed by atoms with Crippen LogP contribution in [-0.2, 0) is 21.4 Å². The molecule has 0 amide bonds. The highest BCUT2D eigenvalue weighted by atomic mass is 35.5. The molecule has 6 heteroatoms. The van der Waals surface area contributed by atoms with Gasteiger partial charge in [-0.3, -0.25) is 4.79 Å². The Morgan fingerprint density at radius 1 is 1.24 bits per heavy atom. The first-order chi connectivity index (χ1) is 13.4. The van der Waals surface area contributed by atoms with Gasteiger partial charge in [-0.05, 0) is 64.3 Å². The molecule has 0 radical (unpaired) electrons. The maximum absolute atomic E-state index is 12.8. The van der Waals surface area contributed by atoms with Crippen LogP contribution in [0.3, 0.4) is 0 Å². The summed E-state index contributed by atoms with van der Waals surface area (Å²) in [5, 5.41) is 0. The number of hydrogen-bond donors (Lipinski definition) is 0. The number of fused-ring (bicyclic) bond motifs is 2. The van der Waals surface area contributed by atoms with Gasteiger partial charge in [0.15, 0.2) is 11.5 Å². The van der Waals surface area contributed by atoms with Gasteiger partial charge in [0.25, 0.3) is 0 Å². The molecule has 1 saturated heterocycles. The molecule has 4 bridgehead atoms. The third-order valence-electron chi connectivity index (χ3n) is 9.32. The summed E-state index contributed by atoms with van der Waals surface area (Å²) < 4.78 is 18.8. The maximum Gasteiger partial charge on any atom is 0.165 e. The van der Waals surface area contributed by atoms with E-state index in [0.717, 1.165) is 50.1 Å². The van der Waals surface area contributed by atoms with Crippen molar-refractivity contribution >= 4 is 18.2 Å². The van der Waals surface area contributed by atoms with E-state index < -0.39 is 5.60 Å². The van der Waals surface area contributed by atoms with E-state index >= 15 is 0 Å². The molecule has 2 spiro atoms. The number of ether oxygens (including phenoxy) is 3. The molecule has 2 aliphatic heterocycles. The van der Waals surface area contributed by atoms with Crippen molar-refractivity contribution in [1.29, 1.82) is 0 Å². The molecule has 1 unspecified atom stereocenters. The average molecular weight is 420 g/mol. The molecule has 5 nitrogen and oxygen atoms in total. The van der Waals surface area contributed by atoms with Crippen LogP contribution in [0.15, 0.2) is 12.1 Å². The minimum Gasteiger partial charge on any atom is -0.493 e. The Kier molecular flexibility index (Phi) is 3.99. The number of benzene rings is 1. The minimum atomic E-state index is -0.535. The fourth-order valence-electron chi connectivity index (χ4n) is 8.30. The van der Waals surface area contributed by atoms with Crippen LogP contribution in [-0.4, -0.2) is 56.2 Å². The second-order valence-corrected chi connectivity index (χ2v) is 9.73. The summed E-state index contributed by atoms with van der Waals surface area (Å²) in [6.07, 6.45) is 4.91.